The van der Waals surface area contributed by atoms with Crippen molar-refractivity contribution in [3.63, 3.8) is 0 Å². The Labute approximate surface area is 193 Å². The van der Waals surface area contributed by atoms with Gasteiger partial charge < -0.3 is 9.52 Å². The summed E-state index contributed by atoms with van der Waals surface area (Å²) in [6, 6.07) is 21.3. The number of hydrazine groups is 1. The van der Waals surface area contributed by atoms with E-state index in [9.17, 15) is 14.7 Å². The van der Waals surface area contributed by atoms with Gasteiger partial charge in [-0.3, -0.25) is 20.4 Å². The van der Waals surface area contributed by atoms with E-state index in [2.05, 4.69) is 10.9 Å². The van der Waals surface area contributed by atoms with Gasteiger partial charge in [0.15, 0.2) is 5.75 Å². The molecule has 0 saturated carbocycles. The van der Waals surface area contributed by atoms with Gasteiger partial charge >= 0.3 is 5.91 Å². The number of furan rings is 1. The van der Waals surface area contributed by atoms with Crippen LogP contribution in [0.1, 0.15) is 20.9 Å². The second-order valence-corrected chi connectivity index (χ2v) is 7.60. The molecule has 3 aromatic carbocycles. The number of rotatable bonds is 4. The van der Waals surface area contributed by atoms with Crippen molar-refractivity contribution in [2.75, 3.05) is 0 Å². The molecular formula is C24H16Cl2N2O4. The molecule has 3 N–H and O–H groups in total. The Balaban J connectivity index is 1.62. The predicted octanol–water partition coefficient (Wildman–Crippen LogP) is 5.70. The van der Waals surface area contributed by atoms with Crippen LogP contribution in [0.15, 0.2) is 83.5 Å². The maximum atomic E-state index is 12.9. The minimum atomic E-state index is -0.668. The quantitative estimate of drug-likeness (QED) is 0.336. The summed E-state index contributed by atoms with van der Waals surface area (Å²) < 4.78 is 5.62. The first-order valence-corrected chi connectivity index (χ1v) is 10.2. The number of amides is 2. The zero-order valence-corrected chi connectivity index (χ0v) is 17.9. The molecule has 0 bridgehead atoms. The van der Waals surface area contributed by atoms with Crippen molar-refractivity contribution in [1.82, 2.24) is 10.9 Å². The highest BCUT2D eigenvalue weighted by Gasteiger charge is 2.23. The van der Waals surface area contributed by atoms with Gasteiger partial charge in [-0.05, 0) is 23.3 Å². The number of phenolic OH excluding ortho intramolecular Hbond substituents is 1. The fraction of sp³-hybridized carbons (Fsp3) is 0. The maximum absolute atomic E-state index is 12.9. The number of phenols is 1. The first kappa shape index (κ1) is 21.5. The van der Waals surface area contributed by atoms with Gasteiger partial charge in [0.05, 0.1) is 16.3 Å². The van der Waals surface area contributed by atoms with E-state index >= 15 is 0 Å². The third kappa shape index (κ3) is 4.32. The molecule has 0 aliphatic rings. The van der Waals surface area contributed by atoms with Gasteiger partial charge in [-0.15, -0.1) is 0 Å². The molecule has 4 rings (SSSR count). The van der Waals surface area contributed by atoms with Crippen molar-refractivity contribution < 1.29 is 19.1 Å². The van der Waals surface area contributed by atoms with Crippen LogP contribution >= 0.6 is 23.2 Å². The molecule has 0 spiro atoms. The number of nitrogens with one attached hydrogen (secondary N) is 2. The van der Waals surface area contributed by atoms with E-state index in [0.717, 1.165) is 16.7 Å². The Kier molecular flexibility index (Phi) is 6.16. The summed E-state index contributed by atoms with van der Waals surface area (Å²) in [5.41, 5.74) is 7.71. The van der Waals surface area contributed by atoms with E-state index in [1.54, 1.807) is 0 Å². The lowest BCUT2D eigenvalue weighted by molar-refractivity contribution is 0.0831. The van der Waals surface area contributed by atoms with Gasteiger partial charge in [-0.2, -0.15) is 0 Å². The topological polar surface area (TPSA) is 91.6 Å². The number of hydrogen-bond acceptors (Lipinski definition) is 4. The molecule has 0 fully saturated rings. The molecule has 2 amide bonds. The number of halogens is 2. The summed E-state index contributed by atoms with van der Waals surface area (Å²) in [7, 11) is 0. The second-order valence-electron chi connectivity index (χ2n) is 6.78. The van der Waals surface area contributed by atoms with E-state index in [1.807, 2.05) is 60.7 Å². The van der Waals surface area contributed by atoms with E-state index in [-0.39, 0.29) is 27.1 Å². The van der Waals surface area contributed by atoms with Crippen LogP contribution in [0.2, 0.25) is 10.0 Å². The normalized spacial score (nSPS) is 10.6. The molecule has 0 aliphatic carbocycles. The fourth-order valence-electron chi connectivity index (χ4n) is 3.19. The van der Waals surface area contributed by atoms with Gasteiger partial charge in [0.25, 0.3) is 5.91 Å². The monoisotopic (exact) mass is 466 g/mol. The highest BCUT2D eigenvalue weighted by Crippen LogP contribution is 2.36. The predicted molar refractivity (Wildman–Crippen MR) is 123 cm³/mol. The van der Waals surface area contributed by atoms with E-state index in [1.165, 1.54) is 18.4 Å². The Morgan fingerprint density at radius 1 is 0.781 bits per heavy atom. The smallest absolute Gasteiger partial charge is 0.306 e. The summed E-state index contributed by atoms with van der Waals surface area (Å²) >= 11 is 11.7. The average Bonchev–Trinajstić information content (AvgIpc) is 3.27. The van der Waals surface area contributed by atoms with Crippen molar-refractivity contribution in [3.8, 4) is 28.0 Å². The van der Waals surface area contributed by atoms with Crippen LogP contribution in [0.4, 0.5) is 0 Å². The molecule has 0 atom stereocenters. The number of carbonyl (C=O) groups excluding carboxylic acids is 2. The van der Waals surface area contributed by atoms with Crippen LogP contribution in [0, 0.1) is 0 Å². The SMILES string of the molecule is O=C(NNC(=O)c1occ(-c2ccccc2)c1-c1ccccc1)c1cc(Cl)c(O)c(Cl)c1. The van der Waals surface area contributed by atoms with Crippen LogP contribution in [-0.2, 0) is 0 Å². The van der Waals surface area contributed by atoms with Crippen molar-refractivity contribution in [1.29, 1.82) is 0 Å². The number of aromatic hydroxyl groups is 1. The largest absolute Gasteiger partial charge is 0.505 e. The molecular weight excluding hydrogens is 451 g/mol. The zero-order valence-electron chi connectivity index (χ0n) is 16.4. The van der Waals surface area contributed by atoms with Crippen LogP contribution in [-0.4, -0.2) is 16.9 Å². The van der Waals surface area contributed by atoms with Crippen molar-refractivity contribution in [2.45, 2.75) is 0 Å². The van der Waals surface area contributed by atoms with Gasteiger partial charge in [0.2, 0.25) is 5.76 Å². The Bertz CT molecular complexity index is 1270. The lowest BCUT2D eigenvalue weighted by Gasteiger charge is -2.10. The number of hydrogen-bond donors (Lipinski definition) is 3. The Morgan fingerprint density at radius 2 is 1.31 bits per heavy atom. The molecule has 0 aliphatic heterocycles. The maximum Gasteiger partial charge on any atom is 0.306 e. The lowest BCUT2D eigenvalue weighted by atomic mass is 9.96. The summed E-state index contributed by atoms with van der Waals surface area (Å²) in [5.74, 6) is -1.60. The third-order valence-corrected chi connectivity index (χ3v) is 5.29. The summed E-state index contributed by atoms with van der Waals surface area (Å²) in [4.78, 5) is 25.3. The van der Waals surface area contributed by atoms with Gasteiger partial charge in [0, 0.05) is 16.7 Å². The standard InChI is InChI=1S/C24H16Cl2N2O4/c25-18-11-16(12-19(26)21(18)29)23(30)27-28-24(31)22-20(15-9-5-2-6-10-15)17(13-32-22)14-7-3-1-4-8-14/h1-13,29H,(H,27,30)(H,28,31). The minimum absolute atomic E-state index is 0.0390. The van der Waals surface area contributed by atoms with Gasteiger partial charge in [-0.1, -0.05) is 83.9 Å². The number of benzene rings is 3. The van der Waals surface area contributed by atoms with Crippen LogP contribution < -0.4 is 10.9 Å². The minimum Gasteiger partial charge on any atom is -0.505 e. The van der Waals surface area contributed by atoms with Crippen molar-refractivity contribution >= 4 is 35.0 Å². The highest BCUT2D eigenvalue weighted by molar-refractivity contribution is 6.37. The second kappa shape index (κ2) is 9.18. The van der Waals surface area contributed by atoms with Gasteiger partial charge in [-0.25, -0.2) is 0 Å². The number of carbonyl (C=O) groups is 2. The van der Waals surface area contributed by atoms with Crippen LogP contribution in [0.25, 0.3) is 22.3 Å². The van der Waals surface area contributed by atoms with E-state index in [4.69, 9.17) is 27.6 Å². The van der Waals surface area contributed by atoms with Gasteiger partial charge in [0.1, 0.15) is 0 Å². The molecule has 1 aromatic heterocycles. The Morgan fingerprint density at radius 3 is 1.91 bits per heavy atom. The third-order valence-electron chi connectivity index (χ3n) is 4.71. The molecule has 6 nitrogen and oxygen atoms in total. The Hall–Kier alpha value is -3.74. The summed E-state index contributed by atoms with van der Waals surface area (Å²) in [5, 5.41) is 9.47. The summed E-state index contributed by atoms with van der Waals surface area (Å²) in [6.45, 7) is 0. The molecule has 0 radical (unpaired) electrons. The molecule has 4 aromatic rings. The van der Waals surface area contributed by atoms with E-state index < -0.39 is 11.8 Å². The highest BCUT2D eigenvalue weighted by atomic mass is 35.5. The molecule has 160 valence electrons. The fourth-order valence-corrected chi connectivity index (χ4v) is 3.67. The van der Waals surface area contributed by atoms with Crippen molar-refractivity contribution in [2.24, 2.45) is 0 Å². The van der Waals surface area contributed by atoms with Crippen molar-refractivity contribution in [3.05, 3.63) is 100 Å². The molecule has 32 heavy (non-hydrogen) atoms. The first-order chi connectivity index (χ1) is 15.5. The molecule has 0 unspecified atom stereocenters. The van der Waals surface area contributed by atoms with E-state index in [0.29, 0.717) is 5.56 Å². The molecule has 8 heteroatoms. The lowest BCUT2D eigenvalue weighted by Crippen LogP contribution is -2.41. The van der Waals surface area contributed by atoms with Crippen LogP contribution in [0.5, 0.6) is 5.75 Å². The first-order valence-electron chi connectivity index (χ1n) is 9.46. The summed E-state index contributed by atoms with van der Waals surface area (Å²) in [6.07, 6.45) is 1.51. The molecule has 1 heterocycles. The zero-order chi connectivity index (χ0) is 22.7. The average molecular weight is 467 g/mol. The molecule has 0 saturated heterocycles. The van der Waals surface area contributed by atoms with Crippen LogP contribution in [0.3, 0.4) is 0 Å².